The van der Waals surface area contributed by atoms with Crippen LogP contribution in [0.3, 0.4) is 0 Å². The zero-order chi connectivity index (χ0) is 22.3. The number of pyridine rings is 1. The van der Waals surface area contributed by atoms with Crippen molar-refractivity contribution in [2.75, 3.05) is 62.2 Å². The number of aromatic nitrogens is 1. The van der Waals surface area contributed by atoms with Gasteiger partial charge in [-0.25, -0.2) is 9.98 Å². The average Bonchev–Trinajstić information content (AvgIpc) is 2.82. The molecule has 0 bridgehead atoms. The van der Waals surface area contributed by atoms with Gasteiger partial charge in [0.05, 0.1) is 19.3 Å². The Bertz CT molecular complexity index is 915. The fourth-order valence-electron chi connectivity index (χ4n) is 4.35. The molecule has 2 aliphatic rings. The summed E-state index contributed by atoms with van der Waals surface area (Å²) < 4.78 is 5.67. The minimum atomic E-state index is 0. The molecule has 2 fully saturated rings. The van der Waals surface area contributed by atoms with Gasteiger partial charge in [0.1, 0.15) is 5.82 Å². The van der Waals surface area contributed by atoms with Crippen LogP contribution < -0.4 is 15.1 Å². The van der Waals surface area contributed by atoms with Crippen molar-refractivity contribution in [1.29, 1.82) is 0 Å². The van der Waals surface area contributed by atoms with Gasteiger partial charge in [0, 0.05) is 57.7 Å². The van der Waals surface area contributed by atoms with E-state index < -0.39 is 0 Å². The van der Waals surface area contributed by atoms with E-state index in [1.54, 1.807) is 0 Å². The number of ether oxygens (including phenoxy) is 1. The fourth-order valence-corrected chi connectivity index (χ4v) is 4.35. The van der Waals surface area contributed by atoms with E-state index in [1.165, 1.54) is 16.8 Å². The third kappa shape index (κ3) is 6.96. The molecule has 0 spiro atoms. The lowest BCUT2D eigenvalue weighted by Gasteiger charge is -2.37. The lowest BCUT2D eigenvalue weighted by atomic mass is 10.2. The van der Waals surface area contributed by atoms with Crippen molar-refractivity contribution in [2.24, 2.45) is 4.99 Å². The molecule has 4 rings (SSSR count). The predicted octanol–water partition coefficient (Wildman–Crippen LogP) is 3.52. The van der Waals surface area contributed by atoms with Crippen LogP contribution in [0.15, 0.2) is 47.6 Å². The Balaban J connectivity index is 0.00000306. The topological polar surface area (TPSA) is 56.2 Å². The van der Waals surface area contributed by atoms with Crippen molar-refractivity contribution >= 4 is 41.4 Å². The number of rotatable bonds is 5. The molecule has 0 radical (unpaired) electrons. The van der Waals surface area contributed by atoms with Gasteiger partial charge in [0.2, 0.25) is 0 Å². The molecule has 180 valence electrons. The predicted molar refractivity (Wildman–Crippen MR) is 147 cm³/mol. The maximum Gasteiger partial charge on any atom is 0.194 e. The SMILES string of the molecule is CCNC(=NCc1ccnc(N2CCOC(C)C2)c1)N1CCN(c2cccc(C)c2)CC1.I. The number of benzene rings is 1. The Kier molecular flexibility index (Phi) is 9.61. The van der Waals surface area contributed by atoms with Crippen LogP contribution >= 0.6 is 24.0 Å². The smallest absolute Gasteiger partial charge is 0.194 e. The standard InChI is InChI=1S/C25H36N6O.HI/c1-4-26-25(30-12-10-29(11-13-30)23-7-5-6-20(2)16-23)28-18-22-8-9-27-24(17-22)31-14-15-32-21(3)19-31;/h5-9,16-17,21H,4,10-15,18-19H2,1-3H3,(H,26,28);1H. The molecule has 2 aromatic rings. The van der Waals surface area contributed by atoms with Crippen molar-refractivity contribution in [2.45, 2.75) is 33.4 Å². The number of aliphatic imine (C=N–C) groups is 1. The van der Waals surface area contributed by atoms with Gasteiger partial charge in [-0.05, 0) is 56.2 Å². The van der Waals surface area contributed by atoms with E-state index in [2.05, 4.69) is 82.2 Å². The molecule has 33 heavy (non-hydrogen) atoms. The van der Waals surface area contributed by atoms with E-state index in [9.17, 15) is 0 Å². The number of nitrogens with zero attached hydrogens (tertiary/aromatic N) is 5. The molecule has 7 nitrogen and oxygen atoms in total. The second-order valence-corrected chi connectivity index (χ2v) is 8.63. The summed E-state index contributed by atoms with van der Waals surface area (Å²) >= 11 is 0. The van der Waals surface area contributed by atoms with Gasteiger partial charge in [-0.1, -0.05) is 12.1 Å². The third-order valence-electron chi connectivity index (χ3n) is 6.07. The highest BCUT2D eigenvalue weighted by atomic mass is 127. The molecule has 0 amide bonds. The Morgan fingerprint density at radius 3 is 2.67 bits per heavy atom. The molecule has 2 saturated heterocycles. The number of hydrogen-bond donors (Lipinski definition) is 1. The van der Waals surface area contributed by atoms with Crippen molar-refractivity contribution in [1.82, 2.24) is 15.2 Å². The zero-order valence-electron chi connectivity index (χ0n) is 20.0. The summed E-state index contributed by atoms with van der Waals surface area (Å²) in [6, 6.07) is 13.0. The minimum Gasteiger partial charge on any atom is -0.375 e. The first-order valence-corrected chi connectivity index (χ1v) is 11.8. The highest BCUT2D eigenvalue weighted by molar-refractivity contribution is 14.0. The summed E-state index contributed by atoms with van der Waals surface area (Å²) in [4.78, 5) is 16.7. The van der Waals surface area contributed by atoms with Gasteiger partial charge in [-0.3, -0.25) is 0 Å². The van der Waals surface area contributed by atoms with Gasteiger partial charge in [-0.15, -0.1) is 24.0 Å². The van der Waals surface area contributed by atoms with Gasteiger partial charge < -0.3 is 24.8 Å². The number of nitrogens with one attached hydrogen (secondary N) is 1. The van der Waals surface area contributed by atoms with Crippen LogP contribution in [0.5, 0.6) is 0 Å². The maximum atomic E-state index is 5.67. The Labute approximate surface area is 215 Å². The summed E-state index contributed by atoms with van der Waals surface area (Å²) in [6.45, 7) is 14.4. The van der Waals surface area contributed by atoms with E-state index in [4.69, 9.17) is 9.73 Å². The van der Waals surface area contributed by atoms with E-state index in [0.29, 0.717) is 6.54 Å². The molecule has 8 heteroatoms. The number of piperazine rings is 1. The van der Waals surface area contributed by atoms with Crippen LogP contribution in [0, 0.1) is 6.92 Å². The molecule has 1 atom stereocenters. The Hall–Kier alpha value is -2.07. The van der Waals surface area contributed by atoms with Crippen LogP contribution in [0.2, 0.25) is 0 Å². The molecule has 1 unspecified atom stereocenters. The second-order valence-electron chi connectivity index (χ2n) is 8.63. The minimum absolute atomic E-state index is 0. The van der Waals surface area contributed by atoms with Crippen molar-refractivity contribution in [3.63, 3.8) is 0 Å². The molecule has 1 aromatic carbocycles. The van der Waals surface area contributed by atoms with Gasteiger partial charge in [-0.2, -0.15) is 0 Å². The van der Waals surface area contributed by atoms with E-state index in [-0.39, 0.29) is 30.1 Å². The highest BCUT2D eigenvalue weighted by Gasteiger charge is 2.20. The van der Waals surface area contributed by atoms with E-state index in [0.717, 1.165) is 64.2 Å². The Morgan fingerprint density at radius 1 is 1.12 bits per heavy atom. The van der Waals surface area contributed by atoms with Gasteiger partial charge in [0.15, 0.2) is 5.96 Å². The lowest BCUT2D eigenvalue weighted by molar-refractivity contribution is 0.0529. The first-order chi connectivity index (χ1) is 15.6. The van der Waals surface area contributed by atoms with Crippen molar-refractivity contribution in [3.05, 3.63) is 53.7 Å². The zero-order valence-corrected chi connectivity index (χ0v) is 22.4. The first-order valence-electron chi connectivity index (χ1n) is 11.8. The molecular weight excluding hydrogens is 527 g/mol. The van der Waals surface area contributed by atoms with Crippen LogP contribution in [0.25, 0.3) is 0 Å². The molecule has 1 N–H and O–H groups in total. The highest BCUT2D eigenvalue weighted by Crippen LogP contribution is 2.19. The van der Waals surface area contributed by atoms with E-state index >= 15 is 0 Å². The largest absolute Gasteiger partial charge is 0.375 e. The van der Waals surface area contributed by atoms with Crippen LogP contribution in [-0.2, 0) is 11.3 Å². The fraction of sp³-hybridized carbons (Fsp3) is 0.520. The monoisotopic (exact) mass is 564 g/mol. The van der Waals surface area contributed by atoms with E-state index in [1.807, 2.05) is 6.20 Å². The molecule has 1 aromatic heterocycles. The van der Waals surface area contributed by atoms with Crippen molar-refractivity contribution in [3.8, 4) is 0 Å². The van der Waals surface area contributed by atoms with Crippen LogP contribution in [0.1, 0.15) is 25.0 Å². The average molecular weight is 565 g/mol. The summed E-state index contributed by atoms with van der Waals surface area (Å²) in [6.07, 6.45) is 2.14. The Morgan fingerprint density at radius 2 is 1.94 bits per heavy atom. The number of guanidine groups is 1. The number of morpholine rings is 1. The molecule has 3 heterocycles. The lowest BCUT2D eigenvalue weighted by Crippen LogP contribution is -2.52. The number of aryl methyl sites for hydroxylation is 1. The number of anilines is 2. The summed E-state index contributed by atoms with van der Waals surface area (Å²) in [5.74, 6) is 2.01. The third-order valence-corrected chi connectivity index (χ3v) is 6.07. The van der Waals surface area contributed by atoms with Crippen LogP contribution in [-0.4, -0.2) is 74.4 Å². The first kappa shape index (κ1) is 25.6. The normalized spacial score (nSPS) is 19.3. The van der Waals surface area contributed by atoms with Crippen molar-refractivity contribution < 1.29 is 4.74 Å². The second kappa shape index (κ2) is 12.4. The molecule has 0 aliphatic carbocycles. The number of hydrogen-bond acceptors (Lipinski definition) is 5. The van der Waals surface area contributed by atoms with Gasteiger partial charge >= 0.3 is 0 Å². The van der Waals surface area contributed by atoms with Gasteiger partial charge in [0.25, 0.3) is 0 Å². The maximum absolute atomic E-state index is 5.67. The molecular formula is C25H37IN6O. The molecule has 0 saturated carbocycles. The summed E-state index contributed by atoms with van der Waals surface area (Å²) in [5.41, 5.74) is 3.80. The summed E-state index contributed by atoms with van der Waals surface area (Å²) in [7, 11) is 0. The quantitative estimate of drug-likeness (QED) is 0.341. The van der Waals surface area contributed by atoms with Crippen LogP contribution in [0.4, 0.5) is 11.5 Å². The summed E-state index contributed by atoms with van der Waals surface area (Å²) in [5, 5.41) is 3.48. The molecule has 2 aliphatic heterocycles. The number of halogens is 1.